The minimum Gasteiger partial charge on any atom is -0.465 e. The third-order valence-electron chi connectivity index (χ3n) is 4.63. The first-order valence-corrected chi connectivity index (χ1v) is 11.5. The number of methoxy groups -OCH3 is 2. The second-order valence-electron chi connectivity index (χ2n) is 6.60. The number of nitrogens with one attached hydrogen (secondary N) is 1. The number of nitrogens with zero attached hydrogens (tertiary/aromatic N) is 1. The van der Waals surface area contributed by atoms with Crippen molar-refractivity contribution in [3.8, 4) is 0 Å². The van der Waals surface area contributed by atoms with Crippen molar-refractivity contribution in [2.45, 2.75) is 17.9 Å². The fourth-order valence-corrected chi connectivity index (χ4v) is 5.56. The van der Waals surface area contributed by atoms with E-state index in [4.69, 9.17) is 9.47 Å². The molecule has 0 atom stereocenters. The summed E-state index contributed by atoms with van der Waals surface area (Å²) in [4.78, 5) is 38.5. The van der Waals surface area contributed by atoms with Gasteiger partial charge in [0.1, 0.15) is 16.6 Å². The van der Waals surface area contributed by atoms with Crippen LogP contribution in [-0.2, 0) is 37.1 Å². The highest BCUT2D eigenvalue weighted by Crippen LogP contribution is 2.37. The molecular weight excluding hydrogens is 451 g/mol. The van der Waals surface area contributed by atoms with E-state index in [9.17, 15) is 27.2 Å². The number of sulfone groups is 1. The Morgan fingerprint density at radius 3 is 2.45 bits per heavy atom. The van der Waals surface area contributed by atoms with Gasteiger partial charge in [0.25, 0.3) is 0 Å². The summed E-state index contributed by atoms with van der Waals surface area (Å²) in [6.07, 6.45) is -0.176. The van der Waals surface area contributed by atoms with Crippen LogP contribution in [0.25, 0.3) is 0 Å². The number of esters is 1. The number of benzene rings is 1. The molecule has 166 valence electrons. The summed E-state index contributed by atoms with van der Waals surface area (Å²) >= 11 is 1.06. The predicted octanol–water partition coefficient (Wildman–Crippen LogP) is 2.21. The van der Waals surface area contributed by atoms with Crippen molar-refractivity contribution in [3.63, 3.8) is 0 Å². The van der Waals surface area contributed by atoms with Gasteiger partial charge in [-0.3, -0.25) is 4.79 Å². The highest BCUT2D eigenvalue weighted by Gasteiger charge is 2.31. The summed E-state index contributed by atoms with van der Waals surface area (Å²) in [5.74, 6) is -3.04. The Morgan fingerprint density at radius 1 is 1.16 bits per heavy atom. The van der Waals surface area contributed by atoms with E-state index in [-0.39, 0.29) is 22.0 Å². The lowest BCUT2D eigenvalue weighted by atomic mass is 10.0. The summed E-state index contributed by atoms with van der Waals surface area (Å²) in [6, 6.07) is 4.12. The minimum atomic E-state index is -4.02. The molecule has 1 aliphatic heterocycles. The Kier molecular flexibility index (Phi) is 6.60. The van der Waals surface area contributed by atoms with Gasteiger partial charge >= 0.3 is 12.1 Å². The number of halogens is 1. The van der Waals surface area contributed by atoms with E-state index in [0.717, 1.165) is 35.6 Å². The number of amides is 2. The highest BCUT2D eigenvalue weighted by molar-refractivity contribution is 7.92. The standard InChI is InChI=1S/C19H19FN2O7S2/c1-28-18(24)16-13-7-8-22(19(25)29-2)9-14(13)30-17(16)21-15(23)10-31(26,27)12-5-3-11(20)4-6-12/h3-6H,7-10H2,1-2H3,(H,21,23). The summed E-state index contributed by atoms with van der Waals surface area (Å²) in [6.45, 7) is 0.493. The average Bonchev–Trinajstić information content (AvgIpc) is 3.09. The van der Waals surface area contributed by atoms with Crippen LogP contribution in [0.3, 0.4) is 0 Å². The molecule has 1 aromatic carbocycles. The van der Waals surface area contributed by atoms with Gasteiger partial charge < -0.3 is 19.7 Å². The number of thiophene rings is 1. The molecule has 2 heterocycles. The van der Waals surface area contributed by atoms with Gasteiger partial charge in [-0.1, -0.05) is 0 Å². The maximum absolute atomic E-state index is 13.0. The van der Waals surface area contributed by atoms with Gasteiger partial charge in [-0.25, -0.2) is 22.4 Å². The number of fused-ring (bicyclic) bond motifs is 1. The molecule has 0 radical (unpaired) electrons. The van der Waals surface area contributed by atoms with Gasteiger partial charge in [0.15, 0.2) is 9.84 Å². The second kappa shape index (κ2) is 9.02. The fraction of sp³-hybridized carbons (Fsp3) is 0.316. The van der Waals surface area contributed by atoms with Crippen LogP contribution < -0.4 is 5.32 Å². The number of carbonyl (C=O) groups excluding carboxylic acids is 3. The van der Waals surface area contributed by atoms with Gasteiger partial charge in [0.05, 0.1) is 31.2 Å². The monoisotopic (exact) mass is 470 g/mol. The zero-order valence-corrected chi connectivity index (χ0v) is 18.3. The molecule has 0 bridgehead atoms. The van der Waals surface area contributed by atoms with Crippen molar-refractivity contribution in [2.24, 2.45) is 0 Å². The molecule has 12 heteroatoms. The number of hydrogen-bond acceptors (Lipinski definition) is 8. The fourth-order valence-electron chi connectivity index (χ4n) is 3.16. The van der Waals surface area contributed by atoms with E-state index in [1.54, 1.807) is 0 Å². The molecular formula is C19H19FN2O7S2. The number of hydrogen-bond donors (Lipinski definition) is 1. The van der Waals surface area contributed by atoms with Crippen molar-refractivity contribution in [1.29, 1.82) is 0 Å². The molecule has 0 aliphatic carbocycles. The summed E-state index contributed by atoms with van der Waals surface area (Å²) in [5, 5.41) is 2.61. The first-order valence-electron chi connectivity index (χ1n) is 9.00. The van der Waals surface area contributed by atoms with E-state index in [0.29, 0.717) is 23.4 Å². The van der Waals surface area contributed by atoms with Crippen molar-refractivity contribution in [2.75, 3.05) is 31.8 Å². The predicted molar refractivity (Wildman–Crippen MR) is 109 cm³/mol. The van der Waals surface area contributed by atoms with Crippen LogP contribution in [0.4, 0.5) is 14.2 Å². The maximum Gasteiger partial charge on any atom is 0.409 e. The van der Waals surface area contributed by atoms with Crippen LogP contribution >= 0.6 is 11.3 Å². The van der Waals surface area contributed by atoms with Crippen molar-refractivity contribution >= 4 is 44.1 Å². The third kappa shape index (κ3) is 4.85. The normalized spacial score (nSPS) is 13.3. The molecule has 9 nitrogen and oxygen atoms in total. The van der Waals surface area contributed by atoms with Gasteiger partial charge in [0, 0.05) is 11.4 Å². The zero-order valence-electron chi connectivity index (χ0n) is 16.6. The van der Waals surface area contributed by atoms with Crippen LogP contribution in [0.5, 0.6) is 0 Å². The van der Waals surface area contributed by atoms with Crippen molar-refractivity contribution in [1.82, 2.24) is 4.90 Å². The van der Waals surface area contributed by atoms with E-state index in [1.807, 2.05) is 0 Å². The lowest BCUT2D eigenvalue weighted by Gasteiger charge is -2.25. The molecule has 1 aromatic heterocycles. The summed E-state index contributed by atoms with van der Waals surface area (Å²) in [7, 11) is -1.56. The van der Waals surface area contributed by atoms with Gasteiger partial charge in [-0.15, -0.1) is 11.3 Å². The Labute approximate surface area is 181 Å². The Morgan fingerprint density at radius 2 is 1.84 bits per heavy atom. The van der Waals surface area contributed by atoms with Crippen LogP contribution in [0.2, 0.25) is 0 Å². The summed E-state index contributed by atoms with van der Waals surface area (Å²) in [5.41, 5.74) is 0.772. The summed E-state index contributed by atoms with van der Waals surface area (Å²) < 4.78 is 47.4. The van der Waals surface area contributed by atoms with Crippen LogP contribution in [-0.4, -0.2) is 57.8 Å². The van der Waals surface area contributed by atoms with E-state index in [1.165, 1.54) is 19.1 Å². The lowest BCUT2D eigenvalue weighted by molar-refractivity contribution is -0.113. The molecule has 0 unspecified atom stereocenters. The first-order chi connectivity index (χ1) is 14.7. The van der Waals surface area contributed by atoms with E-state index < -0.39 is 39.4 Å². The first kappa shape index (κ1) is 22.7. The molecule has 0 saturated carbocycles. The molecule has 0 saturated heterocycles. The number of anilines is 1. The van der Waals surface area contributed by atoms with Crippen molar-refractivity contribution in [3.05, 3.63) is 46.1 Å². The molecule has 31 heavy (non-hydrogen) atoms. The van der Waals surface area contributed by atoms with Crippen LogP contribution in [0.1, 0.15) is 20.8 Å². The van der Waals surface area contributed by atoms with Gasteiger partial charge in [-0.2, -0.15) is 0 Å². The highest BCUT2D eigenvalue weighted by atomic mass is 32.2. The molecule has 0 spiro atoms. The van der Waals surface area contributed by atoms with Crippen LogP contribution in [0, 0.1) is 5.82 Å². The number of carbonyl (C=O) groups is 3. The minimum absolute atomic E-state index is 0.138. The van der Waals surface area contributed by atoms with E-state index in [2.05, 4.69) is 5.32 Å². The lowest BCUT2D eigenvalue weighted by Crippen LogP contribution is -2.35. The number of rotatable bonds is 5. The van der Waals surface area contributed by atoms with Crippen LogP contribution in [0.15, 0.2) is 29.2 Å². The van der Waals surface area contributed by atoms with E-state index >= 15 is 0 Å². The SMILES string of the molecule is COC(=O)c1c(NC(=O)CS(=O)(=O)c2ccc(F)cc2)sc2c1CCN(C(=O)OC)C2. The van der Waals surface area contributed by atoms with Gasteiger partial charge in [-0.05, 0) is 36.2 Å². The number of ether oxygens (including phenoxy) is 2. The zero-order chi connectivity index (χ0) is 22.8. The molecule has 1 N–H and O–H groups in total. The maximum atomic E-state index is 13.0. The third-order valence-corrected chi connectivity index (χ3v) is 7.39. The molecule has 1 aliphatic rings. The average molecular weight is 471 g/mol. The second-order valence-corrected chi connectivity index (χ2v) is 9.70. The smallest absolute Gasteiger partial charge is 0.409 e. The molecule has 3 rings (SSSR count). The van der Waals surface area contributed by atoms with Crippen molar-refractivity contribution < 1.29 is 36.7 Å². The Bertz CT molecular complexity index is 1130. The topological polar surface area (TPSA) is 119 Å². The molecule has 2 amide bonds. The van der Waals surface area contributed by atoms with Gasteiger partial charge in [0.2, 0.25) is 5.91 Å². The quantitative estimate of drug-likeness (QED) is 0.526. The largest absolute Gasteiger partial charge is 0.465 e. The Balaban J connectivity index is 1.84. The Hall–Kier alpha value is -2.99. The molecule has 2 aromatic rings. The molecule has 0 fully saturated rings.